The van der Waals surface area contributed by atoms with Crippen LogP contribution in [0.15, 0.2) is 36.4 Å². The summed E-state index contributed by atoms with van der Waals surface area (Å²) in [6.45, 7) is 1.68. The van der Waals surface area contributed by atoms with Crippen molar-refractivity contribution < 1.29 is 13.6 Å². The minimum Gasteiger partial charge on any atom is -0.298 e. The summed E-state index contributed by atoms with van der Waals surface area (Å²) in [7, 11) is 0. The average Bonchev–Trinajstić information content (AvgIpc) is 2.30. The first-order valence-corrected chi connectivity index (χ1v) is 5.13. The van der Waals surface area contributed by atoms with Crippen LogP contribution in [0.3, 0.4) is 0 Å². The van der Waals surface area contributed by atoms with Crippen molar-refractivity contribution in [1.29, 1.82) is 0 Å². The Kier molecular flexibility index (Phi) is 3.00. The molecule has 0 aliphatic heterocycles. The third-order valence-electron chi connectivity index (χ3n) is 2.63. The minimum atomic E-state index is -0.482. The van der Waals surface area contributed by atoms with Crippen molar-refractivity contribution in [3.8, 4) is 11.1 Å². The Morgan fingerprint density at radius 1 is 1.12 bits per heavy atom. The first-order chi connectivity index (χ1) is 8.13. The van der Waals surface area contributed by atoms with Gasteiger partial charge in [0.25, 0.3) is 0 Å². The van der Waals surface area contributed by atoms with E-state index in [0.29, 0.717) is 17.4 Å². The van der Waals surface area contributed by atoms with Crippen molar-refractivity contribution in [3.05, 3.63) is 59.2 Å². The second kappa shape index (κ2) is 4.45. The standard InChI is InChI=1S/C14H10F2O/c1-9-7-11(15)5-6-12(9)14-10(8-17)3-2-4-13(14)16/h2-8H,1H3. The number of aldehydes is 1. The van der Waals surface area contributed by atoms with Gasteiger partial charge in [-0.1, -0.05) is 18.2 Å². The molecule has 86 valence electrons. The van der Waals surface area contributed by atoms with Gasteiger partial charge in [-0.05, 0) is 36.2 Å². The molecule has 0 heterocycles. The highest BCUT2D eigenvalue weighted by molar-refractivity contribution is 5.88. The summed E-state index contributed by atoms with van der Waals surface area (Å²) in [5, 5.41) is 0. The first-order valence-electron chi connectivity index (χ1n) is 5.13. The predicted molar refractivity (Wildman–Crippen MR) is 61.9 cm³/mol. The fourth-order valence-electron chi connectivity index (χ4n) is 1.83. The molecule has 0 aromatic heterocycles. The van der Waals surface area contributed by atoms with Crippen molar-refractivity contribution in [1.82, 2.24) is 0 Å². The van der Waals surface area contributed by atoms with Crippen molar-refractivity contribution in [2.45, 2.75) is 6.92 Å². The van der Waals surface area contributed by atoms with Crippen LogP contribution in [-0.2, 0) is 0 Å². The number of hydrogen-bond donors (Lipinski definition) is 0. The molecule has 17 heavy (non-hydrogen) atoms. The molecule has 0 bridgehead atoms. The molecule has 0 unspecified atom stereocenters. The Labute approximate surface area is 97.7 Å². The van der Waals surface area contributed by atoms with Crippen LogP contribution in [0.2, 0.25) is 0 Å². The molecule has 0 atom stereocenters. The molecule has 0 aliphatic carbocycles. The van der Waals surface area contributed by atoms with E-state index in [1.807, 2.05) is 0 Å². The summed E-state index contributed by atoms with van der Waals surface area (Å²) >= 11 is 0. The van der Waals surface area contributed by atoms with Crippen molar-refractivity contribution in [2.75, 3.05) is 0 Å². The third kappa shape index (κ3) is 2.09. The Morgan fingerprint density at radius 3 is 2.53 bits per heavy atom. The molecule has 0 spiro atoms. The molecule has 0 radical (unpaired) electrons. The van der Waals surface area contributed by atoms with E-state index in [1.165, 1.54) is 36.4 Å². The second-order valence-electron chi connectivity index (χ2n) is 3.78. The van der Waals surface area contributed by atoms with Gasteiger partial charge in [-0.25, -0.2) is 8.78 Å². The lowest BCUT2D eigenvalue weighted by Gasteiger charge is -2.09. The second-order valence-corrected chi connectivity index (χ2v) is 3.78. The molecule has 1 nitrogen and oxygen atoms in total. The van der Waals surface area contributed by atoms with Crippen LogP contribution in [0.1, 0.15) is 15.9 Å². The van der Waals surface area contributed by atoms with Gasteiger partial charge in [-0.15, -0.1) is 0 Å². The minimum absolute atomic E-state index is 0.222. The topological polar surface area (TPSA) is 17.1 Å². The normalized spacial score (nSPS) is 10.3. The highest BCUT2D eigenvalue weighted by Gasteiger charge is 2.12. The number of rotatable bonds is 2. The van der Waals surface area contributed by atoms with Gasteiger partial charge in [-0.3, -0.25) is 4.79 Å². The highest BCUT2D eigenvalue weighted by Crippen LogP contribution is 2.29. The Hall–Kier alpha value is -2.03. The van der Waals surface area contributed by atoms with Crippen LogP contribution in [-0.4, -0.2) is 6.29 Å². The number of carbonyl (C=O) groups is 1. The largest absolute Gasteiger partial charge is 0.298 e. The number of hydrogen-bond acceptors (Lipinski definition) is 1. The van der Waals surface area contributed by atoms with E-state index in [9.17, 15) is 13.6 Å². The molecule has 3 heteroatoms. The Balaban J connectivity index is 2.71. The van der Waals surface area contributed by atoms with Crippen LogP contribution in [0.4, 0.5) is 8.78 Å². The molecule has 0 saturated carbocycles. The Bertz CT molecular complexity index is 576. The van der Waals surface area contributed by atoms with E-state index in [4.69, 9.17) is 0 Å². The molecule has 0 amide bonds. The summed E-state index contributed by atoms with van der Waals surface area (Å²) in [5.74, 6) is -0.862. The molecule has 0 N–H and O–H groups in total. The monoisotopic (exact) mass is 232 g/mol. The molecular weight excluding hydrogens is 222 g/mol. The molecule has 2 rings (SSSR count). The molecular formula is C14H10F2O. The van der Waals surface area contributed by atoms with E-state index in [0.717, 1.165) is 0 Å². The van der Waals surface area contributed by atoms with E-state index in [-0.39, 0.29) is 16.9 Å². The fraction of sp³-hybridized carbons (Fsp3) is 0.0714. The predicted octanol–water partition coefficient (Wildman–Crippen LogP) is 3.75. The van der Waals surface area contributed by atoms with E-state index in [2.05, 4.69) is 0 Å². The smallest absolute Gasteiger partial charge is 0.150 e. The Morgan fingerprint density at radius 2 is 1.88 bits per heavy atom. The van der Waals surface area contributed by atoms with Crippen molar-refractivity contribution in [3.63, 3.8) is 0 Å². The lowest BCUT2D eigenvalue weighted by molar-refractivity contribution is 0.112. The number of benzene rings is 2. The number of halogens is 2. The molecule has 0 aliphatic rings. The maximum absolute atomic E-state index is 13.8. The number of aryl methyl sites for hydroxylation is 1. The van der Waals surface area contributed by atoms with Gasteiger partial charge in [0, 0.05) is 11.1 Å². The van der Waals surface area contributed by atoms with Crippen LogP contribution >= 0.6 is 0 Å². The summed E-state index contributed by atoms with van der Waals surface area (Å²) in [5.41, 5.74) is 1.62. The van der Waals surface area contributed by atoms with Gasteiger partial charge in [0.1, 0.15) is 11.6 Å². The fourth-order valence-corrected chi connectivity index (χ4v) is 1.83. The number of carbonyl (C=O) groups excluding carboxylic acids is 1. The molecule has 2 aromatic rings. The lowest BCUT2D eigenvalue weighted by Crippen LogP contribution is -1.94. The molecule has 2 aromatic carbocycles. The van der Waals surface area contributed by atoms with Crippen LogP contribution < -0.4 is 0 Å². The summed E-state index contributed by atoms with van der Waals surface area (Å²) in [4.78, 5) is 10.9. The molecule has 0 fully saturated rings. The average molecular weight is 232 g/mol. The van der Waals surface area contributed by atoms with E-state index >= 15 is 0 Å². The zero-order valence-electron chi connectivity index (χ0n) is 9.21. The van der Waals surface area contributed by atoms with Crippen molar-refractivity contribution in [2.24, 2.45) is 0 Å². The van der Waals surface area contributed by atoms with Crippen LogP contribution in [0, 0.1) is 18.6 Å². The van der Waals surface area contributed by atoms with Crippen LogP contribution in [0.25, 0.3) is 11.1 Å². The van der Waals surface area contributed by atoms with Gasteiger partial charge in [0.2, 0.25) is 0 Å². The molecule has 0 saturated heterocycles. The van der Waals surface area contributed by atoms with Gasteiger partial charge < -0.3 is 0 Å². The lowest BCUT2D eigenvalue weighted by atomic mass is 9.96. The van der Waals surface area contributed by atoms with E-state index < -0.39 is 5.82 Å². The highest BCUT2D eigenvalue weighted by atomic mass is 19.1. The van der Waals surface area contributed by atoms with Crippen molar-refractivity contribution >= 4 is 6.29 Å². The van der Waals surface area contributed by atoms with E-state index in [1.54, 1.807) is 6.92 Å². The van der Waals surface area contributed by atoms with Gasteiger partial charge in [0.15, 0.2) is 6.29 Å². The zero-order chi connectivity index (χ0) is 12.4. The summed E-state index contributed by atoms with van der Waals surface area (Å²) in [6, 6.07) is 8.34. The maximum atomic E-state index is 13.8. The quantitative estimate of drug-likeness (QED) is 0.720. The first kappa shape index (κ1) is 11.5. The third-order valence-corrected chi connectivity index (χ3v) is 2.63. The summed E-state index contributed by atoms with van der Waals surface area (Å²) < 4.78 is 26.7. The maximum Gasteiger partial charge on any atom is 0.150 e. The zero-order valence-corrected chi connectivity index (χ0v) is 9.21. The van der Waals surface area contributed by atoms with Gasteiger partial charge in [0.05, 0.1) is 0 Å². The van der Waals surface area contributed by atoms with Gasteiger partial charge >= 0.3 is 0 Å². The van der Waals surface area contributed by atoms with Crippen LogP contribution in [0.5, 0.6) is 0 Å². The summed E-state index contributed by atoms with van der Waals surface area (Å²) in [6.07, 6.45) is 0.598. The van der Waals surface area contributed by atoms with Gasteiger partial charge in [-0.2, -0.15) is 0 Å². The SMILES string of the molecule is Cc1cc(F)ccc1-c1c(F)cccc1C=O.